The van der Waals surface area contributed by atoms with Crippen molar-refractivity contribution < 1.29 is 4.79 Å². The van der Waals surface area contributed by atoms with Crippen LogP contribution in [0.15, 0.2) is 0 Å². The molecular formula is C17H35N3O. The molecule has 21 heavy (non-hydrogen) atoms. The van der Waals surface area contributed by atoms with E-state index in [-0.39, 0.29) is 11.3 Å². The minimum Gasteiger partial charge on any atom is -0.368 e. The van der Waals surface area contributed by atoms with Crippen LogP contribution in [0.2, 0.25) is 0 Å². The van der Waals surface area contributed by atoms with Crippen LogP contribution >= 0.6 is 0 Å². The Kier molecular flexibility index (Phi) is 6.23. The lowest BCUT2D eigenvalue weighted by atomic mass is 9.83. The zero-order valence-electron chi connectivity index (χ0n) is 14.8. The first kappa shape index (κ1) is 18.4. The smallest absolute Gasteiger partial charge is 0.238 e. The third-order valence-corrected chi connectivity index (χ3v) is 5.50. The van der Waals surface area contributed by atoms with Gasteiger partial charge in [0.15, 0.2) is 0 Å². The van der Waals surface area contributed by atoms with E-state index >= 15 is 0 Å². The monoisotopic (exact) mass is 297 g/mol. The summed E-state index contributed by atoms with van der Waals surface area (Å²) in [6.07, 6.45) is 4.12. The van der Waals surface area contributed by atoms with Gasteiger partial charge in [-0.3, -0.25) is 4.79 Å². The topological polar surface area (TPSA) is 58.4 Å². The average Bonchev–Trinajstić information content (AvgIpc) is 2.78. The fraction of sp³-hybridized carbons (Fsp3) is 0.941. The van der Waals surface area contributed by atoms with Gasteiger partial charge in [0.2, 0.25) is 5.91 Å². The highest BCUT2D eigenvalue weighted by Gasteiger charge is 2.46. The van der Waals surface area contributed by atoms with E-state index in [4.69, 9.17) is 5.73 Å². The Morgan fingerprint density at radius 1 is 1.48 bits per heavy atom. The van der Waals surface area contributed by atoms with Crippen LogP contribution in [0, 0.1) is 11.3 Å². The molecule has 124 valence electrons. The van der Waals surface area contributed by atoms with Gasteiger partial charge in [-0.25, -0.2) is 0 Å². The number of carbonyl (C=O) groups is 1. The maximum absolute atomic E-state index is 12.0. The van der Waals surface area contributed by atoms with Gasteiger partial charge in [-0.1, -0.05) is 34.1 Å². The molecule has 1 rings (SSSR count). The zero-order valence-corrected chi connectivity index (χ0v) is 14.8. The standard InChI is InChI=1S/C17H35N3O/c1-7-19-17(15(18)21)11-8-9-14(17)10-12-20(6)13(2)16(3,4)5/h13-14,19H,7-12H2,1-6H3,(H2,18,21). The number of hydrogen-bond acceptors (Lipinski definition) is 3. The summed E-state index contributed by atoms with van der Waals surface area (Å²) in [5.41, 5.74) is 5.53. The minimum absolute atomic E-state index is 0.168. The van der Waals surface area contributed by atoms with E-state index in [1.807, 2.05) is 6.92 Å². The van der Waals surface area contributed by atoms with Crippen LogP contribution < -0.4 is 11.1 Å². The van der Waals surface area contributed by atoms with Crippen molar-refractivity contribution in [2.45, 2.75) is 71.9 Å². The third kappa shape index (κ3) is 4.19. The molecule has 1 saturated carbocycles. The Morgan fingerprint density at radius 2 is 2.10 bits per heavy atom. The van der Waals surface area contributed by atoms with Gasteiger partial charge < -0.3 is 16.0 Å². The Morgan fingerprint density at radius 3 is 2.57 bits per heavy atom. The lowest BCUT2D eigenvalue weighted by Gasteiger charge is -2.38. The number of nitrogens with two attached hydrogens (primary N) is 1. The van der Waals surface area contributed by atoms with Crippen molar-refractivity contribution in [2.75, 3.05) is 20.1 Å². The lowest BCUT2D eigenvalue weighted by molar-refractivity contribution is -0.126. The van der Waals surface area contributed by atoms with Gasteiger partial charge in [0.25, 0.3) is 0 Å². The molecule has 0 aromatic rings. The molecule has 3 atom stereocenters. The van der Waals surface area contributed by atoms with E-state index in [0.717, 1.165) is 38.8 Å². The molecule has 0 aliphatic heterocycles. The van der Waals surface area contributed by atoms with E-state index in [1.165, 1.54) is 0 Å². The molecule has 1 amide bonds. The number of carbonyl (C=O) groups excluding carboxylic acids is 1. The van der Waals surface area contributed by atoms with Crippen LogP contribution in [-0.4, -0.2) is 42.5 Å². The lowest BCUT2D eigenvalue weighted by Crippen LogP contribution is -2.58. The third-order valence-electron chi connectivity index (χ3n) is 5.50. The normalized spacial score (nSPS) is 28.0. The van der Waals surface area contributed by atoms with Crippen LogP contribution in [0.5, 0.6) is 0 Å². The maximum Gasteiger partial charge on any atom is 0.238 e. The largest absolute Gasteiger partial charge is 0.368 e. The molecule has 0 spiro atoms. The van der Waals surface area contributed by atoms with Crippen molar-refractivity contribution in [3.8, 4) is 0 Å². The van der Waals surface area contributed by atoms with E-state index in [1.54, 1.807) is 0 Å². The van der Waals surface area contributed by atoms with Crippen LogP contribution in [0.4, 0.5) is 0 Å². The van der Waals surface area contributed by atoms with Gasteiger partial charge in [-0.2, -0.15) is 0 Å². The quantitative estimate of drug-likeness (QED) is 0.758. The van der Waals surface area contributed by atoms with E-state index in [2.05, 4.69) is 45.0 Å². The summed E-state index contributed by atoms with van der Waals surface area (Å²) in [6, 6.07) is 0.515. The second kappa shape index (κ2) is 7.10. The summed E-state index contributed by atoms with van der Waals surface area (Å²) < 4.78 is 0. The highest BCUT2D eigenvalue weighted by molar-refractivity contribution is 5.85. The predicted molar refractivity (Wildman–Crippen MR) is 89.1 cm³/mol. The number of rotatable bonds is 7. The molecule has 1 aliphatic rings. The second-order valence-electron chi connectivity index (χ2n) is 7.77. The molecule has 0 bridgehead atoms. The number of likely N-dealkylation sites (N-methyl/N-ethyl adjacent to an activating group) is 1. The number of nitrogens with zero attached hydrogens (tertiary/aromatic N) is 1. The Labute approximate surface area is 130 Å². The highest BCUT2D eigenvalue weighted by Crippen LogP contribution is 2.38. The molecule has 1 fully saturated rings. The summed E-state index contributed by atoms with van der Waals surface area (Å²) in [5, 5.41) is 3.40. The number of amides is 1. The molecule has 3 N–H and O–H groups in total. The Bertz CT molecular complexity index is 350. The minimum atomic E-state index is -0.472. The maximum atomic E-state index is 12.0. The number of hydrogen-bond donors (Lipinski definition) is 2. The van der Waals surface area contributed by atoms with Crippen LogP contribution in [0.1, 0.15) is 60.3 Å². The van der Waals surface area contributed by atoms with Crippen LogP contribution in [0.3, 0.4) is 0 Å². The predicted octanol–water partition coefficient (Wildman–Crippen LogP) is 2.38. The molecule has 0 heterocycles. The highest BCUT2D eigenvalue weighted by atomic mass is 16.1. The van der Waals surface area contributed by atoms with Crippen molar-refractivity contribution in [1.82, 2.24) is 10.2 Å². The fourth-order valence-corrected chi connectivity index (χ4v) is 3.64. The summed E-state index contributed by atoms with van der Waals surface area (Å²) in [6.45, 7) is 13.0. The van der Waals surface area contributed by atoms with Crippen molar-refractivity contribution in [3.05, 3.63) is 0 Å². The average molecular weight is 297 g/mol. The first-order chi connectivity index (χ1) is 9.65. The Hall–Kier alpha value is -0.610. The van der Waals surface area contributed by atoms with Gasteiger partial charge in [-0.05, 0) is 57.7 Å². The molecule has 4 heteroatoms. The first-order valence-electron chi connectivity index (χ1n) is 8.40. The van der Waals surface area contributed by atoms with Gasteiger partial charge in [0, 0.05) is 6.04 Å². The van der Waals surface area contributed by atoms with Gasteiger partial charge in [0.05, 0.1) is 0 Å². The molecule has 0 aromatic heterocycles. The van der Waals surface area contributed by atoms with E-state index in [0.29, 0.717) is 12.0 Å². The summed E-state index contributed by atoms with van der Waals surface area (Å²) in [5.74, 6) is 0.197. The van der Waals surface area contributed by atoms with Crippen LogP contribution in [0.25, 0.3) is 0 Å². The van der Waals surface area contributed by atoms with Crippen molar-refractivity contribution >= 4 is 5.91 Å². The fourth-order valence-electron chi connectivity index (χ4n) is 3.64. The summed E-state index contributed by atoms with van der Waals surface area (Å²) >= 11 is 0. The summed E-state index contributed by atoms with van der Waals surface area (Å²) in [4.78, 5) is 14.4. The second-order valence-corrected chi connectivity index (χ2v) is 7.77. The molecule has 0 radical (unpaired) electrons. The molecule has 0 saturated heterocycles. The molecule has 3 unspecified atom stereocenters. The van der Waals surface area contributed by atoms with Gasteiger partial charge in [0.1, 0.15) is 5.54 Å². The van der Waals surface area contributed by atoms with E-state index < -0.39 is 5.54 Å². The Balaban J connectivity index is 2.67. The SMILES string of the molecule is CCNC1(C(N)=O)CCCC1CCN(C)C(C)C(C)(C)C. The first-order valence-corrected chi connectivity index (χ1v) is 8.40. The molecule has 0 aromatic carbocycles. The number of nitrogens with one attached hydrogen (secondary N) is 1. The van der Waals surface area contributed by atoms with Crippen molar-refractivity contribution in [1.29, 1.82) is 0 Å². The zero-order chi connectivity index (χ0) is 16.3. The van der Waals surface area contributed by atoms with Crippen molar-refractivity contribution in [3.63, 3.8) is 0 Å². The summed E-state index contributed by atoms with van der Waals surface area (Å²) in [7, 11) is 2.18. The molecular weight excluding hydrogens is 262 g/mol. The van der Waals surface area contributed by atoms with Gasteiger partial charge >= 0.3 is 0 Å². The molecule has 1 aliphatic carbocycles. The number of primary amides is 1. The van der Waals surface area contributed by atoms with Crippen molar-refractivity contribution in [2.24, 2.45) is 17.1 Å². The van der Waals surface area contributed by atoms with E-state index in [9.17, 15) is 4.79 Å². The van der Waals surface area contributed by atoms with Crippen LogP contribution in [-0.2, 0) is 4.79 Å². The van der Waals surface area contributed by atoms with Gasteiger partial charge in [-0.15, -0.1) is 0 Å². The molecule has 4 nitrogen and oxygen atoms in total.